The summed E-state index contributed by atoms with van der Waals surface area (Å²) in [5.74, 6) is 0.802. The third-order valence-corrected chi connectivity index (χ3v) is 5.56. The quantitative estimate of drug-likeness (QED) is 0.848. The summed E-state index contributed by atoms with van der Waals surface area (Å²) >= 11 is 0. The number of hydrogen-bond donors (Lipinski definition) is 0. The van der Waals surface area contributed by atoms with Crippen LogP contribution >= 0.6 is 0 Å². The van der Waals surface area contributed by atoms with Crippen LogP contribution in [-0.2, 0) is 6.54 Å². The molecule has 2 saturated heterocycles. The minimum atomic E-state index is -0.0393. The number of carbonyl (C=O) groups is 1. The van der Waals surface area contributed by atoms with Crippen molar-refractivity contribution in [2.75, 3.05) is 13.1 Å². The molecule has 25 heavy (non-hydrogen) atoms. The summed E-state index contributed by atoms with van der Waals surface area (Å²) in [6.07, 6.45) is 7.50. The molecule has 0 saturated carbocycles. The highest BCUT2D eigenvalue weighted by molar-refractivity contribution is 5.91. The van der Waals surface area contributed by atoms with E-state index in [0.29, 0.717) is 29.8 Å². The Kier molecular flexibility index (Phi) is 4.33. The van der Waals surface area contributed by atoms with Crippen LogP contribution in [0.1, 0.15) is 37.2 Å². The zero-order valence-electron chi connectivity index (χ0n) is 14.8. The molecule has 2 aliphatic heterocycles. The molecule has 4 heterocycles. The molecule has 4 rings (SSSR count). The van der Waals surface area contributed by atoms with Crippen molar-refractivity contribution < 1.29 is 9.32 Å². The fourth-order valence-electron chi connectivity index (χ4n) is 4.65. The Morgan fingerprint density at radius 2 is 2.28 bits per heavy atom. The molecule has 2 fully saturated rings. The van der Waals surface area contributed by atoms with Gasteiger partial charge in [-0.15, -0.1) is 0 Å². The van der Waals surface area contributed by atoms with Crippen LogP contribution < -0.4 is 0 Å². The molecular formula is C18H25N5O2. The zero-order chi connectivity index (χ0) is 17.4. The number of fused-ring (bicyclic) bond motifs is 1. The molecule has 0 radical (unpaired) electrons. The lowest BCUT2D eigenvalue weighted by Gasteiger charge is -2.40. The lowest BCUT2D eigenvalue weighted by Crippen LogP contribution is -2.50. The third kappa shape index (κ3) is 3.08. The van der Waals surface area contributed by atoms with E-state index in [4.69, 9.17) is 4.52 Å². The lowest BCUT2D eigenvalue weighted by molar-refractivity contribution is 0.0493. The number of rotatable bonds is 4. The Balaban J connectivity index is 1.48. The predicted octanol–water partition coefficient (Wildman–Crippen LogP) is 1.88. The van der Waals surface area contributed by atoms with Gasteiger partial charge in [0.05, 0.1) is 12.7 Å². The average molecular weight is 343 g/mol. The Bertz CT molecular complexity index is 697. The summed E-state index contributed by atoms with van der Waals surface area (Å²) in [6.45, 7) is 7.02. The highest BCUT2D eigenvalue weighted by Gasteiger charge is 2.45. The summed E-state index contributed by atoms with van der Waals surface area (Å²) in [5.41, 5.74) is 0. The van der Waals surface area contributed by atoms with Gasteiger partial charge in [0.2, 0.25) is 5.76 Å². The van der Waals surface area contributed by atoms with Crippen molar-refractivity contribution in [3.05, 3.63) is 36.5 Å². The molecule has 2 aromatic rings. The Morgan fingerprint density at radius 1 is 1.40 bits per heavy atom. The van der Waals surface area contributed by atoms with Crippen LogP contribution in [0.4, 0.5) is 0 Å². The van der Waals surface area contributed by atoms with Gasteiger partial charge in [0.1, 0.15) is 0 Å². The molecule has 0 aromatic carbocycles. The van der Waals surface area contributed by atoms with E-state index < -0.39 is 0 Å². The largest absolute Gasteiger partial charge is 0.351 e. The van der Waals surface area contributed by atoms with Crippen molar-refractivity contribution in [2.24, 2.45) is 5.92 Å². The minimum Gasteiger partial charge on any atom is -0.351 e. The molecule has 7 nitrogen and oxygen atoms in total. The number of carbonyl (C=O) groups excluding carboxylic acids is 1. The van der Waals surface area contributed by atoms with Crippen LogP contribution in [0.5, 0.6) is 0 Å². The van der Waals surface area contributed by atoms with Crippen LogP contribution in [0.15, 0.2) is 35.2 Å². The molecule has 0 aliphatic carbocycles. The molecule has 2 aromatic heterocycles. The average Bonchev–Trinajstić information content (AvgIpc) is 3.34. The molecule has 0 N–H and O–H groups in total. The second-order valence-electron chi connectivity index (χ2n) is 7.40. The second kappa shape index (κ2) is 6.63. The fraction of sp³-hybridized carbons (Fsp3) is 0.611. The smallest absolute Gasteiger partial charge is 0.292 e. The second-order valence-corrected chi connectivity index (χ2v) is 7.40. The zero-order valence-corrected chi connectivity index (χ0v) is 14.8. The summed E-state index contributed by atoms with van der Waals surface area (Å²) < 4.78 is 7.07. The van der Waals surface area contributed by atoms with E-state index in [-0.39, 0.29) is 5.91 Å². The van der Waals surface area contributed by atoms with E-state index >= 15 is 0 Å². The van der Waals surface area contributed by atoms with Gasteiger partial charge in [-0.2, -0.15) is 5.10 Å². The third-order valence-electron chi connectivity index (χ3n) is 5.56. The number of nitrogens with zero attached hydrogens (tertiary/aromatic N) is 5. The van der Waals surface area contributed by atoms with Crippen LogP contribution in [0.25, 0.3) is 0 Å². The van der Waals surface area contributed by atoms with E-state index in [1.807, 2.05) is 28.0 Å². The van der Waals surface area contributed by atoms with Gasteiger partial charge in [-0.1, -0.05) is 5.16 Å². The molecule has 3 atom stereocenters. The standard InChI is InChI=1S/C18H25N5O2/c1-13(2)23-15(12-22-8-3-6-19-22)10-14-11-21(9-5-16(14)23)18(24)17-4-7-20-25-17/h3-4,6-8,13-16H,5,9-12H2,1-2H3/t14-,15+,16+/m0/s1. The van der Waals surface area contributed by atoms with E-state index in [1.165, 1.54) is 6.20 Å². The summed E-state index contributed by atoms with van der Waals surface area (Å²) in [7, 11) is 0. The maximum Gasteiger partial charge on any atom is 0.292 e. The maximum atomic E-state index is 12.6. The van der Waals surface area contributed by atoms with Gasteiger partial charge in [-0.3, -0.25) is 14.4 Å². The first-order chi connectivity index (χ1) is 12.1. The Labute approximate surface area is 147 Å². The maximum absolute atomic E-state index is 12.6. The van der Waals surface area contributed by atoms with Crippen molar-refractivity contribution in [3.8, 4) is 0 Å². The molecule has 0 unspecified atom stereocenters. The van der Waals surface area contributed by atoms with Crippen LogP contribution in [0, 0.1) is 5.92 Å². The first-order valence-corrected chi connectivity index (χ1v) is 9.08. The molecular weight excluding hydrogens is 318 g/mol. The summed E-state index contributed by atoms with van der Waals surface area (Å²) in [5, 5.41) is 8.03. The number of aromatic nitrogens is 3. The van der Waals surface area contributed by atoms with E-state index in [9.17, 15) is 4.79 Å². The van der Waals surface area contributed by atoms with Crippen molar-refractivity contribution in [1.82, 2.24) is 24.7 Å². The monoisotopic (exact) mass is 343 g/mol. The van der Waals surface area contributed by atoms with E-state index in [0.717, 1.165) is 32.5 Å². The molecule has 1 amide bonds. The fourth-order valence-corrected chi connectivity index (χ4v) is 4.65. The van der Waals surface area contributed by atoms with Gasteiger partial charge in [-0.05, 0) is 38.7 Å². The number of amides is 1. The molecule has 134 valence electrons. The van der Waals surface area contributed by atoms with Gasteiger partial charge in [0.25, 0.3) is 5.91 Å². The highest BCUT2D eigenvalue weighted by atomic mass is 16.5. The SMILES string of the molecule is CC(C)N1[C@@H](Cn2cccn2)C[C@H]2CN(C(=O)c3ccno3)CC[C@H]21. The van der Waals surface area contributed by atoms with Gasteiger partial charge < -0.3 is 9.42 Å². The van der Waals surface area contributed by atoms with E-state index in [1.54, 1.807) is 6.07 Å². The normalized spacial score (nSPS) is 27.0. The summed E-state index contributed by atoms with van der Waals surface area (Å²) in [6, 6.07) is 5.12. The topological polar surface area (TPSA) is 67.4 Å². The Morgan fingerprint density at radius 3 is 2.96 bits per heavy atom. The lowest BCUT2D eigenvalue weighted by atomic mass is 9.91. The summed E-state index contributed by atoms with van der Waals surface area (Å²) in [4.78, 5) is 17.1. The first kappa shape index (κ1) is 16.3. The van der Waals surface area contributed by atoms with Crippen LogP contribution in [0.2, 0.25) is 0 Å². The molecule has 0 spiro atoms. The molecule has 0 bridgehead atoms. The van der Waals surface area contributed by atoms with Gasteiger partial charge in [-0.25, -0.2) is 0 Å². The Hall–Kier alpha value is -2.15. The minimum absolute atomic E-state index is 0.0393. The number of likely N-dealkylation sites (tertiary alicyclic amines) is 2. The number of piperidine rings is 1. The molecule has 7 heteroatoms. The van der Waals surface area contributed by atoms with Crippen molar-refractivity contribution in [3.63, 3.8) is 0 Å². The van der Waals surface area contributed by atoms with Gasteiger partial charge in [0.15, 0.2) is 0 Å². The van der Waals surface area contributed by atoms with Crippen molar-refractivity contribution in [2.45, 2.75) is 51.4 Å². The van der Waals surface area contributed by atoms with Gasteiger partial charge in [0, 0.05) is 49.7 Å². The van der Waals surface area contributed by atoms with E-state index in [2.05, 4.69) is 29.0 Å². The van der Waals surface area contributed by atoms with Gasteiger partial charge >= 0.3 is 0 Å². The first-order valence-electron chi connectivity index (χ1n) is 9.08. The van der Waals surface area contributed by atoms with Crippen molar-refractivity contribution >= 4 is 5.91 Å². The van der Waals surface area contributed by atoms with Crippen molar-refractivity contribution in [1.29, 1.82) is 0 Å². The molecule has 2 aliphatic rings. The number of hydrogen-bond acceptors (Lipinski definition) is 5. The highest BCUT2D eigenvalue weighted by Crippen LogP contribution is 2.38. The predicted molar refractivity (Wildman–Crippen MR) is 91.9 cm³/mol. The van der Waals surface area contributed by atoms with Crippen LogP contribution in [0.3, 0.4) is 0 Å². The van der Waals surface area contributed by atoms with Crippen LogP contribution in [-0.4, -0.2) is 61.9 Å².